The molecule has 9 heteroatoms. The number of piperidine rings is 1. The summed E-state index contributed by atoms with van der Waals surface area (Å²) in [5, 5.41) is 9.06. The Kier molecular flexibility index (Phi) is 4.79. The second kappa shape index (κ2) is 7.51. The molecule has 2 saturated heterocycles. The Morgan fingerprint density at radius 2 is 2.03 bits per heavy atom. The highest BCUT2D eigenvalue weighted by Crippen LogP contribution is 2.31. The van der Waals surface area contributed by atoms with Gasteiger partial charge in [-0.2, -0.15) is 0 Å². The lowest BCUT2D eigenvalue weighted by atomic mass is 9.87. The molecule has 1 aromatic carbocycles. The fourth-order valence-electron chi connectivity index (χ4n) is 4.53. The number of aromatic nitrogens is 1. The number of amides is 3. The monoisotopic (exact) mass is 423 g/mol. The second-order valence-corrected chi connectivity index (χ2v) is 8.25. The third kappa shape index (κ3) is 3.39. The average Bonchev–Trinajstić information content (AvgIpc) is 3.05. The van der Waals surface area contributed by atoms with Gasteiger partial charge in [-0.15, -0.1) is 0 Å². The fraction of sp³-hybridized carbons (Fsp3) is 0.364. The van der Waals surface area contributed by atoms with E-state index >= 15 is 0 Å². The van der Waals surface area contributed by atoms with Crippen molar-refractivity contribution in [2.75, 3.05) is 13.1 Å². The van der Waals surface area contributed by atoms with Crippen LogP contribution in [0.15, 0.2) is 36.5 Å². The van der Waals surface area contributed by atoms with Crippen LogP contribution < -0.4 is 16.0 Å². The first-order chi connectivity index (χ1) is 15.0. The number of carbonyl (C=O) groups is 3. The van der Waals surface area contributed by atoms with Crippen molar-refractivity contribution >= 4 is 17.7 Å². The predicted octanol–water partition coefficient (Wildman–Crippen LogP) is 0.570. The van der Waals surface area contributed by atoms with Crippen LogP contribution in [0.5, 0.6) is 0 Å². The molecule has 31 heavy (non-hydrogen) atoms. The van der Waals surface area contributed by atoms with Crippen molar-refractivity contribution in [3.63, 3.8) is 0 Å². The maximum atomic E-state index is 13.3. The normalized spacial score (nSPS) is 22.2. The van der Waals surface area contributed by atoms with Crippen molar-refractivity contribution in [1.29, 1.82) is 0 Å². The van der Waals surface area contributed by atoms with Crippen molar-refractivity contribution in [2.45, 2.75) is 37.5 Å². The number of nitrogens with zero attached hydrogens (tertiary/aromatic N) is 2. The number of pyridine rings is 1. The summed E-state index contributed by atoms with van der Waals surface area (Å²) in [7, 11) is 0. The highest BCUT2D eigenvalue weighted by atomic mass is 19.1. The van der Waals surface area contributed by atoms with E-state index in [4.69, 9.17) is 0 Å². The molecule has 4 heterocycles. The first-order valence-corrected chi connectivity index (χ1v) is 10.3. The number of rotatable bonds is 5. The van der Waals surface area contributed by atoms with Gasteiger partial charge in [0, 0.05) is 38.2 Å². The summed E-state index contributed by atoms with van der Waals surface area (Å²) >= 11 is 0. The molecule has 160 valence electrons. The summed E-state index contributed by atoms with van der Waals surface area (Å²) < 4.78 is 13.3. The molecule has 2 aromatic rings. The molecule has 3 aliphatic rings. The molecule has 1 atom stereocenters. The molecule has 0 spiro atoms. The quantitative estimate of drug-likeness (QED) is 0.608. The maximum absolute atomic E-state index is 13.3. The average molecular weight is 423 g/mol. The summed E-state index contributed by atoms with van der Waals surface area (Å²) in [4.78, 5) is 42.8. The zero-order chi connectivity index (χ0) is 21.6. The van der Waals surface area contributed by atoms with Gasteiger partial charge in [-0.05, 0) is 29.7 Å². The number of halogens is 1. The molecule has 5 rings (SSSR count). The van der Waals surface area contributed by atoms with Gasteiger partial charge >= 0.3 is 0 Å². The number of benzene rings is 1. The molecule has 3 aliphatic heterocycles. The van der Waals surface area contributed by atoms with Gasteiger partial charge in [-0.25, -0.2) is 4.39 Å². The van der Waals surface area contributed by atoms with Crippen LogP contribution in [-0.2, 0) is 28.2 Å². The van der Waals surface area contributed by atoms with Crippen molar-refractivity contribution in [2.24, 2.45) is 0 Å². The Balaban J connectivity index is 1.36. The predicted molar refractivity (Wildman–Crippen MR) is 108 cm³/mol. The Morgan fingerprint density at radius 1 is 1.19 bits per heavy atom. The highest BCUT2D eigenvalue weighted by molar-refractivity contribution is 6.06. The van der Waals surface area contributed by atoms with Gasteiger partial charge in [0.05, 0.1) is 17.4 Å². The Hall–Kier alpha value is -3.17. The molecule has 1 aromatic heterocycles. The van der Waals surface area contributed by atoms with Gasteiger partial charge in [-0.3, -0.25) is 30.0 Å². The zero-order valence-corrected chi connectivity index (χ0v) is 16.8. The SMILES string of the molecule is O=C1CCC(N2Cc3cccc(CNC4(c5ccc(F)cn5)CNC4)c3C2=O)C(=O)N1. The van der Waals surface area contributed by atoms with Crippen LogP contribution in [0, 0.1) is 5.82 Å². The zero-order valence-electron chi connectivity index (χ0n) is 16.8. The third-order valence-corrected chi connectivity index (χ3v) is 6.33. The molecule has 0 aliphatic carbocycles. The van der Waals surface area contributed by atoms with Gasteiger partial charge in [0.2, 0.25) is 11.8 Å². The molecule has 2 fully saturated rings. The topological polar surface area (TPSA) is 103 Å². The summed E-state index contributed by atoms with van der Waals surface area (Å²) in [6, 6.07) is 8.13. The molecular formula is C22H22FN5O3. The van der Waals surface area contributed by atoms with Gasteiger partial charge in [0.25, 0.3) is 5.91 Å². The third-order valence-electron chi connectivity index (χ3n) is 6.33. The Bertz CT molecular complexity index is 1070. The minimum Gasteiger partial charge on any atom is -0.322 e. The molecule has 0 saturated carbocycles. The smallest absolute Gasteiger partial charge is 0.255 e. The first-order valence-electron chi connectivity index (χ1n) is 10.3. The molecule has 3 amide bonds. The number of hydrogen-bond donors (Lipinski definition) is 3. The number of nitrogens with one attached hydrogen (secondary N) is 3. The number of hydrogen-bond acceptors (Lipinski definition) is 6. The van der Waals surface area contributed by atoms with Crippen molar-refractivity contribution in [3.8, 4) is 0 Å². The Morgan fingerprint density at radius 3 is 2.71 bits per heavy atom. The van der Waals surface area contributed by atoms with Crippen LogP contribution in [0.4, 0.5) is 4.39 Å². The van der Waals surface area contributed by atoms with Crippen LogP contribution in [0.1, 0.15) is 40.0 Å². The minimum atomic E-state index is -0.635. The van der Waals surface area contributed by atoms with Crippen LogP contribution in [0.25, 0.3) is 0 Å². The van der Waals surface area contributed by atoms with Gasteiger partial charge < -0.3 is 10.2 Å². The van der Waals surface area contributed by atoms with E-state index < -0.39 is 17.5 Å². The lowest BCUT2D eigenvalue weighted by molar-refractivity contribution is -0.136. The largest absolute Gasteiger partial charge is 0.322 e. The van der Waals surface area contributed by atoms with Gasteiger partial charge in [0.15, 0.2) is 0 Å². The summed E-state index contributed by atoms with van der Waals surface area (Å²) in [6.45, 7) is 2.08. The summed E-state index contributed by atoms with van der Waals surface area (Å²) in [6.07, 6.45) is 1.77. The number of imide groups is 1. The summed E-state index contributed by atoms with van der Waals surface area (Å²) in [5.41, 5.74) is 2.63. The van der Waals surface area contributed by atoms with Crippen molar-refractivity contribution in [3.05, 3.63) is 64.7 Å². The van der Waals surface area contributed by atoms with Crippen LogP contribution in [-0.4, -0.2) is 46.7 Å². The first kappa shape index (κ1) is 19.8. The van der Waals surface area contributed by atoms with E-state index in [-0.39, 0.29) is 24.1 Å². The van der Waals surface area contributed by atoms with Crippen LogP contribution in [0.2, 0.25) is 0 Å². The van der Waals surface area contributed by atoms with E-state index in [0.29, 0.717) is 38.2 Å². The van der Waals surface area contributed by atoms with Gasteiger partial charge in [-0.1, -0.05) is 18.2 Å². The molecule has 1 unspecified atom stereocenters. The van der Waals surface area contributed by atoms with E-state index in [9.17, 15) is 18.8 Å². The molecule has 0 bridgehead atoms. The number of fused-ring (bicyclic) bond motifs is 1. The maximum Gasteiger partial charge on any atom is 0.255 e. The van der Waals surface area contributed by atoms with Crippen LogP contribution >= 0.6 is 0 Å². The Labute approximate surface area is 178 Å². The molecule has 3 N–H and O–H groups in total. The molecule has 8 nitrogen and oxygen atoms in total. The van der Waals surface area contributed by atoms with Crippen molar-refractivity contribution in [1.82, 2.24) is 25.8 Å². The van der Waals surface area contributed by atoms with E-state index in [2.05, 4.69) is 20.9 Å². The second-order valence-electron chi connectivity index (χ2n) is 8.25. The molecular weight excluding hydrogens is 401 g/mol. The van der Waals surface area contributed by atoms with E-state index in [1.165, 1.54) is 12.3 Å². The van der Waals surface area contributed by atoms with E-state index in [1.807, 2.05) is 18.2 Å². The lowest BCUT2D eigenvalue weighted by Crippen LogP contribution is -2.65. The van der Waals surface area contributed by atoms with Crippen LogP contribution in [0.3, 0.4) is 0 Å². The fourth-order valence-corrected chi connectivity index (χ4v) is 4.53. The van der Waals surface area contributed by atoms with E-state index in [1.54, 1.807) is 11.0 Å². The van der Waals surface area contributed by atoms with E-state index in [0.717, 1.165) is 16.8 Å². The van der Waals surface area contributed by atoms with Crippen molar-refractivity contribution < 1.29 is 18.8 Å². The summed E-state index contributed by atoms with van der Waals surface area (Å²) in [5.74, 6) is -1.29. The minimum absolute atomic E-state index is 0.192. The number of carbonyl (C=O) groups excluding carboxylic acids is 3. The lowest BCUT2D eigenvalue weighted by Gasteiger charge is -2.43. The molecule has 0 radical (unpaired) electrons. The highest BCUT2D eigenvalue weighted by Gasteiger charge is 2.42. The van der Waals surface area contributed by atoms with Gasteiger partial charge in [0.1, 0.15) is 11.9 Å². The standard InChI is InChI=1S/C22H22FN5O3/c23-15-4-6-17(25-9-15)22(11-24-12-22)26-8-13-2-1-3-14-10-28(21(31)19(13)14)16-5-7-18(29)27-20(16)30/h1-4,6,9,16,24,26H,5,7-8,10-12H2,(H,27,29,30).